The molecule has 3 rings (SSSR count). The zero-order valence-electron chi connectivity index (χ0n) is 22.3. The second-order valence-corrected chi connectivity index (χ2v) is 10.4. The molecule has 0 aromatic heterocycles. The third-order valence-electron chi connectivity index (χ3n) is 6.16. The maximum Gasteiger partial charge on any atom is 0.264 e. The lowest BCUT2D eigenvalue weighted by Crippen LogP contribution is -2.51. The molecule has 3 aromatic carbocycles. The van der Waals surface area contributed by atoms with Gasteiger partial charge in [-0.2, -0.15) is 0 Å². The number of carbonyl (C=O) groups is 2. The van der Waals surface area contributed by atoms with Crippen LogP contribution in [0.25, 0.3) is 0 Å². The normalized spacial score (nSPS) is 11.8. The Morgan fingerprint density at radius 1 is 0.949 bits per heavy atom. The van der Waals surface area contributed by atoms with E-state index in [1.807, 2.05) is 0 Å². The number of methoxy groups -OCH3 is 2. The lowest BCUT2D eigenvalue weighted by atomic mass is 10.1. The van der Waals surface area contributed by atoms with Crippen molar-refractivity contribution >= 4 is 27.5 Å². The molecule has 0 heterocycles. The van der Waals surface area contributed by atoms with Gasteiger partial charge in [0.25, 0.3) is 10.0 Å². The van der Waals surface area contributed by atoms with Crippen molar-refractivity contribution in [3.05, 3.63) is 84.2 Å². The monoisotopic (exact) mass is 557 g/mol. The molecule has 0 fully saturated rings. The third kappa shape index (κ3) is 6.85. The number of carbonyl (C=O) groups excluding carboxylic acids is 2. The van der Waals surface area contributed by atoms with Crippen molar-refractivity contribution < 1.29 is 31.9 Å². The summed E-state index contributed by atoms with van der Waals surface area (Å²) in [6, 6.07) is 16.9. The molecule has 0 saturated heterocycles. The number of nitrogens with zero attached hydrogens (tertiary/aromatic N) is 2. The van der Waals surface area contributed by atoms with Crippen LogP contribution in [-0.4, -0.2) is 59.0 Å². The van der Waals surface area contributed by atoms with Gasteiger partial charge in [0.2, 0.25) is 11.8 Å². The van der Waals surface area contributed by atoms with E-state index in [2.05, 4.69) is 5.32 Å². The predicted molar refractivity (Wildman–Crippen MR) is 146 cm³/mol. The number of hydrogen-bond acceptors (Lipinski definition) is 6. The van der Waals surface area contributed by atoms with Gasteiger partial charge in [-0.15, -0.1) is 0 Å². The molecular formula is C28H32FN3O6S. The van der Waals surface area contributed by atoms with Crippen LogP contribution < -0.4 is 19.1 Å². The van der Waals surface area contributed by atoms with Gasteiger partial charge in [-0.1, -0.05) is 37.3 Å². The molecule has 0 bridgehead atoms. The van der Waals surface area contributed by atoms with E-state index in [1.54, 1.807) is 31.2 Å². The second-order valence-electron chi connectivity index (χ2n) is 8.55. The number of hydrogen-bond donors (Lipinski definition) is 1. The van der Waals surface area contributed by atoms with Crippen LogP contribution in [0.3, 0.4) is 0 Å². The summed E-state index contributed by atoms with van der Waals surface area (Å²) in [6.07, 6.45) is 0.272. The molecule has 208 valence electrons. The molecule has 3 aromatic rings. The van der Waals surface area contributed by atoms with Crippen LogP contribution in [0.4, 0.5) is 10.1 Å². The number of amides is 2. The van der Waals surface area contributed by atoms with Crippen LogP contribution in [0.1, 0.15) is 18.9 Å². The highest BCUT2D eigenvalue weighted by molar-refractivity contribution is 7.92. The summed E-state index contributed by atoms with van der Waals surface area (Å²) in [6.45, 7) is 1.11. The molecule has 39 heavy (non-hydrogen) atoms. The van der Waals surface area contributed by atoms with Crippen molar-refractivity contribution in [1.29, 1.82) is 0 Å². The molecule has 9 nitrogen and oxygen atoms in total. The first-order valence-electron chi connectivity index (χ1n) is 12.2. The van der Waals surface area contributed by atoms with E-state index < -0.39 is 40.2 Å². The van der Waals surface area contributed by atoms with Crippen molar-refractivity contribution in [1.82, 2.24) is 10.2 Å². The Balaban J connectivity index is 2.10. The molecule has 0 spiro atoms. The largest absolute Gasteiger partial charge is 0.493 e. The first-order valence-corrected chi connectivity index (χ1v) is 13.7. The van der Waals surface area contributed by atoms with Crippen molar-refractivity contribution in [2.45, 2.75) is 30.8 Å². The van der Waals surface area contributed by atoms with Gasteiger partial charge in [0.1, 0.15) is 18.4 Å². The first kappa shape index (κ1) is 29.4. The molecule has 0 saturated carbocycles. The Hall–Kier alpha value is -4.12. The van der Waals surface area contributed by atoms with Crippen molar-refractivity contribution in [2.24, 2.45) is 0 Å². The SMILES string of the molecule is CCC(C(=O)NC)N(Cc1ccc(F)cc1)C(=O)CN(c1ccc(OC)c(OC)c1)S(=O)(=O)c1ccccc1. The van der Waals surface area contributed by atoms with Crippen LogP contribution in [0, 0.1) is 5.82 Å². The minimum absolute atomic E-state index is 0.0176. The van der Waals surface area contributed by atoms with E-state index in [1.165, 1.54) is 74.7 Å². The molecule has 2 amide bonds. The summed E-state index contributed by atoms with van der Waals surface area (Å²) in [5.41, 5.74) is 0.746. The summed E-state index contributed by atoms with van der Waals surface area (Å²) < 4.78 is 52.8. The van der Waals surface area contributed by atoms with Crippen molar-refractivity contribution in [3.8, 4) is 11.5 Å². The van der Waals surface area contributed by atoms with Gasteiger partial charge in [-0.3, -0.25) is 13.9 Å². The summed E-state index contributed by atoms with van der Waals surface area (Å²) >= 11 is 0. The molecular weight excluding hydrogens is 525 g/mol. The number of benzene rings is 3. The fourth-order valence-corrected chi connectivity index (χ4v) is 5.53. The molecule has 11 heteroatoms. The number of halogens is 1. The number of rotatable bonds is 12. The highest BCUT2D eigenvalue weighted by Crippen LogP contribution is 2.34. The van der Waals surface area contributed by atoms with Crippen LogP contribution in [0.15, 0.2) is 77.7 Å². The maximum absolute atomic E-state index is 13.9. The van der Waals surface area contributed by atoms with Crippen LogP contribution in [0.5, 0.6) is 11.5 Å². The molecule has 0 aliphatic carbocycles. The zero-order valence-corrected chi connectivity index (χ0v) is 23.1. The Labute approximate surface area is 228 Å². The number of sulfonamides is 1. The highest BCUT2D eigenvalue weighted by atomic mass is 32.2. The first-order chi connectivity index (χ1) is 18.7. The topological polar surface area (TPSA) is 105 Å². The van der Waals surface area contributed by atoms with E-state index in [-0.39, 0.29) is 29.3 Å². The summed E-state index contributed by atoms with van der Waals surface area (Å²) in [7, 11) is 0.109. The number of likely N-dealkylation sites (N-methyl/N-ethyl adjacent to an activating group) is 1. The molecule has 0 radical (unpaired) electrons. The second kappa shape index (κ2) is 13.1. The molecule has 1 atom stereocenters. The molecule has 1 N–H and O–H groups in total. The smallest absolute Gasteiger partial charge is 0.264 e. The summed E-state index contributed by atoms with van der Waals surface area (Å²) in [4.78, 5) is 27.9. The fourth-order valence-electron chi connectivity index (χ4n) is 4.10. The fraction of sp³-hybridized carbons (Fsp3) is 0.286. The highest BCUT2D eigenvalue weighted by Gasteiger charge is 2.33. The molecule has 0 aliphatic rings. The lowest BCUT2D eigenvalue weighted by Gasteiger charge is -2.33. The van der Waals surface area contributed by atoms with E-state index >= 15 is 0 Å². The Bertz CT molecular complexity index is 1380. The van der Waals surface area contributed by atoms with Gasteiger partial charge in [-0.25, -0.2) is 12.8 Å². The number of anilines is 1. The van der Waals surface area contributed by atoms with Gasteiger partial charge < -0.3 is 19.7 Å². The lowest BCUT2D eigenvalue weighted by molar-refractivity contribution is -0.140. The summed E-state index contributed by atoms with van der Waals surface area (Å²) in [5.74, 6) is -0.812. The Kier molecular flexibility index (Phi) is 9.89. The van der Waals surface area contributed by atoms with E-state index in [4.69, 9.17) is 9.47 Å². The molecule has 0 aliphatic heterocycles. The van der Waals surface area contributed by atoms with Gasteiger partial charge in [-0.05, 0) is 48.4 Å². The standard InChI is InChI=1S/C28H32FN3O6S/c1-5-24(28(34)30-2)31(18-20-11-13-21(29)14-12-20)27(33)19-32(39(35,36)23-9-7-6-8-10-23)22-15-16-25(37-3)26(17-22)38-4/h6-17,24H,5,18-19H2,1-4H3,(H,30,34). The van der Waals surface area contributed by atoms with Crippen molar-refractivity contribution in [2.75, 3.05) is 32.1 Å². The van der Waals surface area contributed by atoms with Crippen molar-refractivity contribution in [3.63, 3.8) is 0 Å². The van der Waals surface area contributed by atoms with Gasteiger partial charge in [0, 0.05) is 19.7 Å². The van der Waals surface area contributed by atoms with E-state index in [0.717, 1.165) is 4.31 Å². The minimum atomic E-state index is -4.22. The Morgan fingerprint density at radius 3 is 2.15 bits per heavy atom. The predicted octanol–water partition coefficient (Wildman–Crippen LogP) is 3.59. The minimum Gasteiger partial charge on any atom is -0.493 e. The maximum atomic E-state index is 13.9. The average molecular weight is 558 g/mol. The van der Waals surface area contributed by atoms with E-state index in [9.17, 15) is 22.4 Å². The number of nitrogens with one attached hydrogen (secondary N) is 1. The van der Waals surface area contributed by atoms with E-state index in [0.29, 0.717) is 11.3 Å². The summed E-state index contributed by atoms with van der Waals surface area (Å²) in [5, 5.41) is 2.56. The number of ether oxygens (including phenoxy) is 2. The Morgan fingerprint density at radius 2 is 1.59 bits per heavy atom. The van der Waals surface area contributed by atoms with Gasteiger partial charge in [0.15, 0.2) is 11.5 Å². The average Bonchev–Trinajstić information content (AvgIpc) is 2.96. The quantitative estimate of drug-likeness (QED) is 0.365. The zero-order chi connectivity index (χ0) is 28.6. The van der Waals surface area contributed by atoms with Crippen LogP contribution >= 0.6 is 0 Å². The van der Waals surface area contributed by atoms with Gasteiger partial charge in [0.05, 0.1) is 24.8 Å². The molecule has 1 unspecified atom stereocenters. The third-order valence-corrected chi connectivity index (χ3v) is 7.95. The van der Waals surface area contributed by atoms with Gasteiger partial charge >= 0.3 is 0 Å². The van der Waals surface area contributed by atoms with Crippen LogP contribution in [-0.2, 0) is 26.2 Å². The van der Waals surface area contributed by atoms with Crippen LogP contribution in [0.2, 0.25) is 0 Å².